The molecule has 0 N–H and O–H groups in total. The minimum Gasteiger partial charge on any atom is -0.249 e. The van der Waals surface area contributed by atoms with Crippen molar-refractivity contribution in [1.82, 2.24) is 15.2 Å². The van der Waals surface area contributed by atoms with E-state index in [1.807, 2.05) is 6.07 Å². The molecule has 0 atom stereocenters. The molecule has 0 saturated heterocycles. The lowest BCUT2D eigenvalue weighted by Crippen LogP contribution is -2.05. The molecular formula is C11H5F3N4S. The second-order valence-electron chi connectivity index (χ2n) is 3.35. The third kappa shape index (κ3) is 3.42. The summed E-state index contributed by atoms with van der Waals surface area (Å²) in [6, 6.07) is 7.05. The Morgan fingerprint density at radius 3 is 2.26 bits per heavy atom. The van der Waals surface area contributed by atoms with Crippen molar-refractivity contribution in [3.05, 3.63) is 41.7 Å². The normalized spacial score (nSPS) is 11.1. The number of nitriles is 1. The van der Waals surface area contributed by atoms with E-state index in [1.54, 1.807) is 6.07 Å². The van der Waals surface area contributed by atoms with Gasteiger partial charge in [0.2, 0.25) is 0 Å². The van der Waals surface area contributed by atoms with E-state index in [9.17, 15) is 13.2 Å². The maximum absolute atomic E-state index is 12.3. The van der Waals surface area contributed by atoms with E-state index < -0.39 is 11.7 Å². The van der Waals surface area contributed by atoms with Crippen LogP contribution in [-0.2, 0) is 6.18 Å². The van der Waals surface area contributed by atoms with Crippen LogP contribution in [-0.4, -0.2) is 15.2 Å². The molecule has 8 heteroatoms. The number of aromatic nitrogens is 3. The topological polar surface area (TPSA) is 62.5 Å². The Morgan fingerprint density at radius 1 is 1.05 bits per heavy atom. The molecule has 2 rings (SSSR count). The Kier molecular flexibility index (Phi) is 3.66. The van der Waals surface area contributed by atoms with E-state index in [0.717, 1.165) is 24.0 Å². The van der Waals surface area contributed by atoms with E-state index in [1.165, 1.54) is 12.1 Å². The highest BCUT2D eigenvalue weighted by atomic mass is 32.2. The molecule has 0 saturated carbocycles. The molecule has 0 radical (unpaired) electrons. The van der Waals surface area contributed by atoms with Gasteiger partial charge in [0.05, 0.1) is 5.56 Å². The lowest BCUT2D eigenvalue weighted by Gasteiger charge is -2.06. The largest absolute Gasteiger partial charge is 0.417 e. The van der Waals surface area contributed by atoms with E-state index in [-0.39, 0.29) is 5.69 Å². The minimum absolute atomic E-state index is 0.171. The minimum atomic E-state index is -4.40. The fourth-order valence-corrected chi connectivity index (χ4v) is 1.82. The van der Waals surface area contributed by atoms with Crippen molar-refractivity contribution >= 4 is 11.8 Å². The lowest BCUT2D eigenvalue weighted by molar-refractivity contribution is -0.137. The van der Waals surface area contributed by atoms with Gasteiger partial charge >= 0.3 is 6.18 Å². The Balaban J connectivity index is 2.13. The quantitative estimate of drug-likeness (QED) is 0.847. The molecule has 96 valence electrons. The van der Waals surface area contributed by atoms with Gasteiger partial charge < -0.3 is 0 Å². The fourth-order valence-electron chi connectivity index (χ4n) is 1.15. The van der Waals surface area contributed by atoms with Crippen LogP contribution in [0.1, 0.15) is 11.3 Å². The summed E-state index contributed by atoms with van der Waals surface area (Å²) in [5.41, 5.74) is -0.632. The predicted molar refractivity (Wildman–Crippen MR) is 60.1 cm³/mol. The molecule has 0 spiro atoms. The zero-order chi connectivity index (χ0) is 13.9. The van der Waals surface area contributed by atoms with Crippen molar-refractivity contribution in [1.29, 1.82) is 5.26 Å². The van der Waals surface area contributed by atoms with E-state index in [4.69, 9.17) is 5.26 Å². The van der Waals surface area contributed by atoms with Crippen LogP contribution in [0.25, 0.3) is 0 Å². The lowest BCUT2D eigenvalue weighted by atomic mass is 10.3. The summed E-state index contributed by atoms with van der Waals surface area (Å²) >= 11 is 1.06. The molecular weight excluding hydrogens is 277 g/mol. The van der Waals surface area contributed by atoms with Crippen LogP contribution in [0.15, 0.2) is 40.5 Å². The molecule has 2 aromatic rings. The molecule has 0 aliphatic heterocycles. The van der Waals surface area contributed by atoms with Crippen molar-refractivity contribution in [2.24, 2.45) is 0 Å². The second kappa shape index (κ2) is 5.24. The Hall–Kier alpha value is -2.14. The SMILES string of the molecule is N#Cc1ccc(Sc2ccc(C(F)(F)F)cn2)nn1. The Morgan fingerprint density at radius 2 is 1.79 bits per heavy atom. The van der Waals surface area contributed by atoms with Gasteiger partial charge in [-0.3, -0.25) is 0 Å². The smallest absolute Gasteiger partial charge is 0.249 e. The summed E-state index contributed by atoms with van der Waals surface area (Å²) < 4.78 is 37.0. The van der Waals surface area contributed by atoms with Crippen LogP contribution in [0.3, 0.4) is 0 Å². The molecule has 0 aliphatic rings. The Bertz CT molecular complexity index is 602. The summed E-state index contributed by atoms with van der Waals surface area (Å²) in [4.78, 5) is 3.69. The van der Waals surface area contributed by atoms with Gasteiger partial charge in [-0.1, -0.05) is 0 Å². The van der Waals surface area contributed by atoms with E-state index in [0.29, 0.717) is 10.1 Å². The van der Waals surface area contributed by atoms with Crippen molar-refractivity contribution in [3.63, 3.8) is 0 Å². The number of hydrogen-bond acceptors (Lipinski definition) is 5. The van der Waals surface area contributed by atoms with Gasteiger partial charge in [0.15, 0.2) is 5.69 Å². The highest BCUT2D eigenvalue weighted by molar-refractivity contribution is 7.99. The molecule has 2 heterocycles. The predicted octanol–water partition coefficient (Wildman–Crippen LogP) is 2.91. The van der Waals surface area contributed by atoms with Gasteiger partial charge in [0, 0.05) is 6.20 Å². The van der Waals surface area contributed by atoms with Crippen LogP contribution in [0.5, 0.6) is 0 Å². The van der Waals surface area contributed by atoms with E-state index in [2.05, 4.69) is 15.2 Å². The first kappa shape index (κ1) is 13.3. The standard InChI is InChI=1S/C11H5F3N4S/c12-11(13,14)7-1-3-9(16-6-7)19-10-4-2-8(5-15)17-18-10/h1-4,6H. The van der Waals surface area contributed by atoms with Gasteiger partial charge in [-0.2, -0.15) is 18.4 Å². The molecule has 0 unspecified atom stereocenters. The molecule has 0 bridgehead atoms. The molecule has 0 amide bonds. The summed E-state index contributed by atoms with van der Waals surface area (Å²) in [5.74, 6) is 0. The summed E-state index contributed by atoms with van der Waals surface area (Å²) in [6.07, 6.45) is -3.64. The molecule has 0 aromatic carbocycles. The number of pyridine rings is 1. The first-order valence-corrected chi connectivity index (χ1v) is 5.75. The van der Waals surface area contributed by atoms with Gasteiger partial charge in [0.25, 0.3) is 0 Å². The number of rotatable bonds is 2. The number of nitrogens with zero attached hydrogens (tertiary/aromatic N) is 4. The third-order valence-corrected chi connectivity index (χ3v) is 2.90. The third-order valence-electron chi connectivity index (χ3n) is 2.03. The van der Waals surface area contributed by atoms with Crippen LogP contribution in [0.4, 0.5) is 13.2 Å². The highest BCUT2D eigenvalue weighted by Gasteiger charge is 2.30. The van der Waals surface area contributed by atoms with Crippen LogP contribution >= 0.6 is 11.8 Å². The summed E-state index contributed by atoms with van der Waals surface area (Å²) in [7, 11) is 0. The number of halogens is 3. The van der Waals surface area contributed by atoms with Crippen molar-refractivity contribution in [2.75, 3.05) is 0 Å². The molecule has 4 nitrogen and oxygen atoms in total. The first-order chi connectivity index (χ1) is 8.99. The number of alkyl halides is 3. The van der Waals surface area contributed by atoms with Crippen LogP contribution in [0, 0.1) is 11.3 Å². The second-order valence-corrected chi connectivity index (χ2v) is 4.39. The first-order valence-electron chi connectivity index (χ1n) is 4.94. The average molecular weight is 282 g/mol. The van der Waals surface area contributed by atoms with Gasteiger partial charge in [-0.05, 0) is 36.0 Å². The molecule has 0 fully saturated rings. The zero-order valence-electron chi connectivity index (χ0n) is 9.22. The molecule has 19 heavy (non-hydrogen) atoms. The number of hydrogen-bond donors (Lipinski definition) is 0. The maximum Gasteiger partial charge on any atom is 0.417 e. The summed E-state index contributed by atoms with van der Waals surface area (Å²) in [5, 5.41) is 16.7. The van der Waals surface area contributed by atoms with Crippen LogP contribution in [0.2, 0.25) is 0 Å². The maximum atomic E-state index is 12.3. The molecule has 0 aliphatic carbocycles. The van der Waals surface area contributed by atoms with Gasteiger partial charge in [-0.25, -0.2) is 4.98 Å². The van der Waals surface area contributed by atoms with Crippen LogP contribution < -0.4 is 0 Å². The Labute approximate surface area is 110 Å². The van der Waals surface area contributed by atoms with Gasteiger partial charge in [-0.15, -0.1) is 10.2 Å². The van der Waals surface area contributed by atoms with Crippen molar-refractivity contribution in [3.8, 4) is 6.07 Å². The van der Waals surface area contributed by atoms with E-state index >= 15 is 0 Å². The summed E-state index contributed by atoms with van der Waals surface area (Å²) in [6.45, 7) is 0. The van der Waals surface area contributed by atoms with Crippen molar-refractivity contribution < 1.29 is 13.2 Å². The average Bonchev–Trinajstić information content (AvgIpc) is 2.39. The van der Waals surface area contributed by atoms with Gasteiger partial charge in [0.1, 0.15) is 16.1 Å². The highest BCUT2D eigenvalue weighted by Crippen LogP contribution is 2.30. The van der Waals surface area contributed by atoms with Crippen molar-refractivity contribution in [2.45, 2.75) is 16.2 Å². The monoisotopic (exact) mass is 282 g/mol. The fraction of sp³-hybridized carbons (Fsp3) is 0.0909. The zero-order valence-corrected chi connectivity index (χ0v) is 10.0. The molecule has 2 aromatic heterocycles.